The molecule has 9 nitrogen and oxygen atoms in total. The lowest BCUT2D eigenvalue weighted by atomic mass is 10.2. The van der Waals surface area contributed by atoms with E-state index in [4.69, 9.17) is 16.3 Å². The van der Waals surface area contributed by atoms with Crippen LogP contribution in [0.15, 0.2) is 47.2 Å². The Bertz CT molecular complexity index is 966. The van der Waals surface area contributed by atoms with Crippen molar-refractivity contribution in [3.05, 3.63) is 57.6 Å². The minimum absolute atomic E-state index is 0.175. The summed E-state index contributed by atoms with van der Waals surface area (Å²) in [5.74, 6) is -1.19. The van der Waals surface area contributed by atoms with E-state index in [2.05, 4.69) is 20.5 Å². The Hall–Kier alpha value is -2.85. The van der Waals surface area contributed by atoms with E-state index < -0.39 is 18.5 Å². The first-order chi connectivity index (χ1) is 12.6. The van der Waals surface area contributed by atoms with E-state index in [9.17, 15) is 9.59 Å². The van der Waals surface area contributed by atoms with Crippen LogP contribution in [0.4, 0.5) is 0 Å². The molecule has 0 bridgehead atoms. The number of carbonyl (C=O) groups excluding carboxylic acids is 2. The maximum atomic E-state index is 12.0. The van der Waals surface area contributed by atoms with Crippen molar-refractivity contribution in [2.24, 2.45) is 4.99 Å². The summed E-state index contributed by atoms with van der Waals surface area (Å²) in [6.45, 7) is -0.148. The summed E-state index contributed by atoms with van der Waals surface area (Å²) in [7, 11) is 0. The highest BCUT2D eigenvalue weighted by Crippen LogP contribution is 2.15. The van der Waals surface area contributed by atoms with Crippen LogP contribution in [0.25, 0.3) is 0 Å². The molecule has 0 saturated heterocycles. The Kier molecular flexibility index (Phi) is 5.87. The Labute approximate surface area is 156 Å². The van der Waals surface area contributed by atoms with Crippen molar-refractivity contribution in [3.63, 3.8) is 0 Å². The largest absolute Gasteiger partial charge is 0.454 e. The zero-order chi connectivity index (χ0) is 18.4. The van der Waals surface area contributed by atoms with Gasteiger partial charge in [0.05, 0.1) is 6.54 Å². The second kappa shape index (κ2) is 8.50. The number of carbonyl (C=O) groups is 2. The van der Waals surface area contributed by atoms with Crippen molar-refractivity contribution in [1.29, 1.82) is 0 Å². The zero-order valence-corrected chi connectivity index (χ0v) is 14.9. The maximum absolute atomic E-state index is 12.0. The fraction of sp³-hybridized carbons (Fsp3) is 0.200. The number of tetrazole rings is 1. The number of amides is 1. The van der Waals surface area contributed by atoms with Crippen LogP contribution in [0.3, 0.4) is 0 Å². The van der Waals surface area contributed by atoms with Crippen LogP contribution in [-0.4, -0.2) is 43.3 Å². The van der Waals surface area contributed by atoms with E-state index in [-0.39, 0.29) is 6.54 Å². The number of halogens is 1. The molecule has 26 heavy (non-hydrogen) atoms. The Balaban J connectivity index is 1.61. The third kappa shape index (κ3) is 4.83. The van der Waals surface area contributed by atoms with Gasteiger partial charge in [-0.3, -0.25) is 9.59 Å². The average Bonchev–Trinajstić information content (AvgIpc) is 3.28. The summed E-state index contributed by atoms with van der Waals surface area (Å²) in [5, 5.41) is 12.8. The SMILES string of the molecule is O=C(COC(=O)Cn1cnnn1)N=c1sccn1Cc1ccccc1Cl. The molecule has 2 aromatic heterocycles. The highest BCUT2D eigenvalue weighted by Gasteiger charge is 2.09. The van der Waals surface area contributed by atoms with Crippen LogP contribution in [0.2, 0.25) is 5.02 Å². The quantitative estimate of drug-likeness (QED) is 0.577. The Morgan fingerprint density at radius 1 is 1.31 bits per heavy atom. The van der Waals surface area contributed by atoms with Gasteiger partial charge in [0.25, 0.3) is 5.91 Å². The van der Waals surface area contributed by atoms with Crippen LogP contribution in [0, 0.1) is 0 Å². The standard InChI is InChI=1S/C15H13ClN6O3S/c16-12-4-2-1-3-11(12)7-21-5-6-26-15(21)18-13(23)9-25-14(24)8-22-10-17-19-20-22/h1-6,10H,7-9H2. The second-order valence-corrected chi connectivity index (χ2v) is 6.36. The first kappa shape index (κ1) is 18.0. The molecular weight excluding hydrogens is 380 g/mol. The minimum Gasteiger partial charge on any atom is -0.454 e. The smallest absolute Gasteiger partial charge is 0.328 e. The van der Waals surface area contributed by atoms with Crippen LogP contribution < -0.4 is 4.80 Å². The molecule has 0 spiro atoms. The maximum Gasteiger partial charge on any atom is 0.328 e. The van der Waals surface area contributed by atoms with E-state index in [1.807, 2.05) is 29.8 Å². The number of hydrogen-bond acceptors (Lipinski definition) is 7. The molecule has 1 aromatic carbocycles. The number of aromatic nitrogens is 5. The summed E-state index contributed by atoms with van der Waals surface area (Å²) in [6, 6.07) is 7.44. The highest BCUT2D eigenvalue weighted by atomic mass is 35.5. The summed E-state index contributed by atoms with van der Waals surface area (Å²) >= 11 is 7.46. The lowest BCUT2D eigenvalue weighted by Crippen LogP contribution is -2.21. The fourth-order valence-corrected chi connectivity index (χ4v) is 2.97. The molecular formula is C15H13ClN6O3S. The molecule has 134 valence electrons. The summed E-state index contributed by atoms with van der Waals surface area (Å²) in [4.78, 5) is 28.1. The van der Waals surface area contributed by atoms with Crippen LogP contribution in [-0.2, 0) is 27.4 Å². The van der Waals surface area contributed by atoms with Gasteiger partial charge in [0.1, 0.15) is 12.9 Å². The van der Waals surface area contributed by atoms with Gasteiger partial charge in [0.2, 0.25) is 0 Å². The van der Waals surface area contributed by atoms with Crippen LogP contribution in [0.5, 0.6) is 0 Å². The summed E-state index contributed by atoms with van der Waals surface area (Å²) in [5.41, 5.74) is 0.911. The molecule has 0 unspecified atom stereocenters. The van der Waals surface area contributed by atoms with Gasteiger partial charge in [-0.25, -0.2) is 4.68 Å². The third-order valence-electron chi connectivity index (χ3n) is 3.22. The topological polar surface area (TPSA) is 104 Å². The van der Waals surface area contributed by atoms with E-state index in [1.165, 1.54) is 22.3 Å². The first-order valence-corrected chi connectivity index (χ1v) is 8.69. The number of rotatable bonds is 6. The molecule has 0 aliphatic rings. The van der Waals surface area contributed by atoms with Gasteiger partial charge >= 0.3 is 5.97 Å². The van der Waals surface area contributed by atoms with Gasteiger partial charge in [0, 0.05) is 16.6 Å². The molecule has 0 aliphatic carbocycles. The van der Waals surface area contributed by atoms with Gasteiger partial charge in [-0.15, -0.1) is 16.4 Å². The van der Waals surface area contributed by atoms with Gasteiger partial charge < -0.3 is 9.30 Å². The predicted molar refractivity (Wildman–Crippen MR) is 92.2 cm³/mol. The number of ether oxygens (including phenoxy) is 1. The molecule has 3 aromatic rings. The fourth-order valence-electron chi connectivity index (χ4n) is 2.03. The van der Waals surface area contributed by atoms with E-state index in [0.29, 0.717) is 16.4 Å². The van der Waals surface area contributed by atoms with E-state index in [1.54, 1.807) is 10.6 Å². The lowest BCUT2D eigenvalue weighted by molar-refractivity contribution is -0.148. The summed E-state index contributed by atoms with van der Waals surface area (Å²) < 4.78 is 7.87. The van der Waals surface area contributed by atoms with E-state index >= 15 is 0 Å². The third-order valence-corrected chi connectivity index (χ3v) is 4.38. The lowest BCUT2D eigenvalue weighted by Gasteiger charge is -2.05. The van der Waals surface area contributed by atoms with Crippen LogP contribution in [0.1, 0.15) is 5.56 Å². The normalized spacial score (nSPS) is 11.5. The number of esters is 1. The van der Waals surface area contributed by atoms with Gasteiger partial charge in [0.15, 0.2) is 11.4 Å². The van der Waals surface area contributed by atoms with Gasteiger partial charge in [-0.2, -0.15) is 4.99 Å². The van der Waals surface area contributed by atoms with Crippen molar-refractivity contribution in [2.45, 2.75) is 13.1 Å². The Morgan fingerprint density at radius 3 is 2.92 bits per heavy atom. The van der Waals surface area contributed by atoms with Crippen molar-refractivity contribution in [1.82, 2.24) is 24.8 Å². The molecule has 0 fully saturated rings. The molecule has 2 heterocycles. The molecule has 0 saturated carbocycles. The van der Waals surface area contributed by atoms with E-state index in [0.717, 1.165) is 5.56 Å². The molecule has 0 atom stereocenters. The molecule has 3 rings (SSSR count). The molecule has 11 heteroatoms. The summed E-state index contributed by atoms with van der Waals surface area (Å²) in [6.07, 6.45) is 3.08. The first-order valence-electron chi connectivity index (χ1n) is 7.43. The zero-order valence-electron chi connectivity index (χ0n) is 13.4. The monoisotopic (exact) mass is 392 g/mol. The molecule has 0 aliphatic heterocycles. The van der Waals surface area contributed by atoms with Crippen LogP contribution >= 0.6 is 22.9 Å². The number of nitrogens with zero attached hydrogens (tertiary/aromatic N) is 6. The number of benzene rings is 1. The Morgan fingerprint density at radius 2 is 2.15 bits per heavy atom. The average molecular weight is 393 g/mol. The van der Waals surface area contributed by atoms with Crippen molar-refractivity contribution >= 4 is 34.8 Å². The highest BCUT2D eigenvalue weighted by molar-refractivity contribution is 7.07. The number of thiazole rings is 1. The molecule has 1 amide bonds. The van der Waals surface area contributed by atoms with Gasteiger partial charge in [-0.1, -0.05) is 29.8 Å². The van der Waals surface area contributed by atoms with Crippen molar-refractivity contribution in [2.75, 3.05) is 6.61 Å². The van der Waals surface area contributed by atoms with Crippen molar-refractivity contribution in [3.8, 4) is 0 Å². The van der Waals surface area contributed by atoms with Crippen molar-refractivity contribution < 1.29 is 14.3 Å². The molecule has 0 N–H and O–H groups in total. The number of hydrogen-bond donors (Lipinski definition) is 0. The van der Waals surface area contributed by atoms with Gasteiger partial charge in [-0.05, 0) is 22.1 Å². The second-order valence-electron chi connectivity index (χ2n) is 5.08. The molecule has 0 radical (unpaired) electrons. The minimum atomic E-state index is -0.629. The predicted octanol–water partition coefficient (Wildman–Crippen LogP) is 0.908.